The van der Waals surface area contributed by atoms with Crippen molar-refractivity contribution in [3.05, 3.63) is 39.6 Å². The van der Waals surface area contributed by atoms with Crippen LogP contribution in [0.4, 0.5) is 0 Å². The molecule has 0 bridgehead atoms. The van der Waals surface area contributed by atoms with Gasteiger partial charge in [0.15, 0.2) is 5.75 Å². The van der Waals surface area contributed by atoms with Crippen molar-refractivity contribution < 1.29 is 19.1 Å². The van der Waals surface area contributed by atoms with Crippen LogP contribution >= 0.6 is 23.2 Å². The Morgan fingerprint density at radius 3 is 2.25 bits per heavy atom. The summed E-state index contributed by atoms with van der Waals surface area (Å²) in [6, 6.07) is 5.11. The van der Waals surface area contributed by atoms with E-state index in [4.69, 9.17) is 37.8 Å². The topological polar surface area (TPSA) is 76.9 Å². The van der Waals surface area contributed by atoms with Crippen LogP contribution in [0.1, 0.15) is 58.8 Å². The molecule has 1 aromatic heterocycles. The van der Waals surface area contributed by atoms with E-state index in [2.05, 4.69) is 4.90 Å². The van der Waals surface area contributed by atoms with E-state index in [1.54, 1.807) is 25.1 Å². The summed E-state index contributed by atoms with van der Waals surface area (Å²) in [4.78, 5) is 28.1. The molecule has 0 N–H and O–H groups in total. The Kier molecular flexibility index (Phi) is 9.66. The number of piperazine rings is 1. The summed E-state index contributed by atoms with van der Waals surface area (Å²) in [6.07, 6.45) is 1.57. The zero-order chi connectivity index (χ0) is 26.5. The SMILES string of the molecule is CCc1nn(CCCC(=O)OC(C)(C)C)c(CN2CCN(C(C)=O)CC2)c1Oc1cc(Cl)cc(Cl)c1. The number of esters is 1. The third-order valence-electron chi connectivity index (χ3n) is 5.83. The first-order chi connectivity index (χ1) is 16.9. The average Bonchev–Trinajstić information content (AvgIpc) is 3.08. The van der Waals surface area contributed by atoms with E-state index < -0.39 is 5.60 Å². The number of aryl methyl sites for hydroxylation is 2. The minimum absolute atomic E-state index is 0.0944. The second kappa shape index (κ2) is 12.3. The van der Waals surface area contributed by atoms with Crippen LogP contribution in [-0.4, -0.2) is 63.2 Å². The molecule has 1 fully saturated rings. The van der Waals surface area contributed by atoms with Gasteiger partial charge in [-0.05, 0) is 51.8 Å². The molecule has 1 saturated heterocycles. The fourth-order valence-electron chi connectivity index (χ4n) is 4.13. The van der Waals surface area contributed by atoms with Crippen molar-refractivity contribution in [2.75, 3.05) is 26.2 Å². The fraction of sp³-hybridized carbons (Fsp3) is 0.577. The summed E-state index contributed by atoms with van der Waals surface area (Å²) in [5.74, 6) is 1.09. The molecule has 1 aliphatic rings. The smallest absolute Gasteiger partial charge is 0.306 e. The first-order valence-electron chi connectivity index (χ1n) is 12.4. The van der Waals surface area contributed by atoms with Gasteiger partial charge in [0.1, 0.15) is 17.0 Å². The molecular weight excluding hydrogens is 503 g/mol. The van der Waals surface area contributed by atoms with Crippen molar-refractivity contribution in [2.45, 2.75) is 72.6 Å². The summed E-state index contributed by atoms with van der Waals surface area (Å²) in [7, 11) is 0. The van der Waals surface area contributed by atoms with Gasteiger partial charge >= 0.3 is 5.97 Å². The maximum atomic E-state index is 12.2. The summed E-state index contributed by atoms with van der Waals surface area (Å²) in [6.45, 7) is 13.3. The molecule has 8 nitrogen and oxygen atoms in total. The Balaban J connectivity index is 1.83. The molecule has 0 radical (unpaired) electrons. The molecule has 3 rings (SSSR count). The molecule has 1 amide bonds. The molecule has 1 aliphatic heterocycles. The highest BCUT2D eigenvalue weighted by atomic mass is 35.5. The van der Waals surface area contributed by atoms with Crippen LogP contribution in [-0.2, 0) is 33.8 Å². The quantitative estimate of drug-likeness (QED) is 0.401. The van der Waals surface area contributed by atoms with E-state index in [9.17, 15) is 9.59 Å². The van der Waals surface area contributed by atoms with Crippen molar-refractivity contribution in [1.29, 1.82) is 0 Å². The standard InChI is InChI=1S/C26H36Cl2N4O4/c1-6-22-25(35-21-15-19(27)14-20(28)16-21)23(17-30-10-12-31(13-11-30)18(2)33)32(29-22)9-7-8-24(34)36-26(3,4)5/h14-16H,6-13,17H2,1-5H3. The molecule has 2 heterocycles. The third kappa shape index (κ3) is 8.11. The summed E-state index contributed by atoms with van der Waals surface area (Å²) < 4.78 is 13.7. The summed E-state index contributed by atoms with van der Waals surface area (Å²) in [5, 5.41) is 5.81. The van der Waals surface area contributed by atoms with E-state index in [1.807, 2.05) is 37.3 Å². The Bertz CT molecular complexity index is 1050. The second-order valence-electron chi connectivity index (χ2n) is 9.98. The number of carbonyl (C=O) groups is 2. The lowest BCUT2D eigenvalue weighted by Gasteiger charge is -2.34. The fourth-order valence-corrected chi connectivity index (χ4v) is 4.63. The highest BCUT2D eigenvalue weighted by Crippen LogP contribution is 2.34. The lowest BCUT2D eigenvalue weighted by Crippen LogP contribution is -2.47. The second-order valence-corrected chi connectivity index (χ2v) is 10.9. The lowest BCUT2D eigenvalue weighted by atomic mass is 10.2. The van der Waals surface area contributed by atoms with Crippen LogP contribution in [0.15, 0.2) is 18.2 Å². The minimum atomic E-state index is -0.509. The Hall–Kier alpha value is -2.29. The minimum Gasteiger partial charge on any atom is -0.460 e. The van der Waals surface area contributed by atoms with Crippen LogP contribution in [0.2, 0.25) is 10.0 Å². The van der Waals surface area contributed by atoms with Crippen molar-refractivity contribution in [2.24, 2.45) is 0 Å². The number of amides is 1. The van der Waals surface area contributed by atoms with E-state index in [-0.39, 0.29) is 11.9 Å². The normalized spacial score (nSPS) is 14.7. The first-order valence-corrected chi connectivity index (χ1v) is 13.1. The van der Waals surface area contributed by atoms with Gasteiger partial charge < -0.3 is 14.4 Å². The zero-order valence-corrected chi connectivity index (χ0v) is 23.3. The van der Waals surface area contributed by atoms with Gasteiger partial charge in [0.25, 0.3) is 0 Å². The lowest BCUT2D eigenvalue weighted by molar-refractivity contribution is -0.155. The highest BCUT2D eigenvalue weighted by molar-refractivity contribution is 6.34. The van der Waals surface area contributed by atoms with Crippen molar-refractivity contribution >= 4 is 35.1 Å². The van der Waals surface area contributed by atoms with Crippen LogP contribution in [0.3, 0.4) is 0 Å². The number of ether oxygens (including phenoxy) is 2. The van der Waals surface area contributed by atoms with E-state index in [0.717, 1.165) is 24.5 Å². The van der Waals surface area contributed by atoms with Crippen LogP contribution in [0, 0.1) is 0 Å². The van der Waals surface area contributed by atoms with E-state index in [0.29, 0.717) is 67.0 Å². The molecule has 0 unspecified atom stereocenters. The van der Waals surface area contributed by atoms with Crippen LogP contribution < -0.4 is 4.74 Å². The third-order valence-corrected chi connectivity index (χ3v) is 6.27. The largest absolute Gasteiger partial charge is 0.460 e. The number of hydrogen-bond acceptors (Lipinski definition) is 6. The van der Waals surface area contributed by atoms with Crippen molar-refractivity contribution in [3.8, 4) is 11.5 Å². The van der Waals surface area contributed by atoms with E-state index in [1.165, 1.54) is 0 Å². The van der Waals surface area contributed by atoms with Crippen molar-refractivity contribution in [1.82, 2.24) is 19.6 Å². The Morgan fingerprint density at radius 1 is 1.06 bits per heavy atom. The highest BCUT2D eigenvalue weighted by Gasteiger charge is 2.25. The van der Waals surface area contributed by atoms with Gasteiger partial charge in [-0.25, -0.2) is 0 Å². The number of aromatic nitrogens is 2. The van der Waals surface area contributed by atoms with Gasteiger partial charge in [-0.1, -0.05) is 30.1 Å². The van der Waals surface area contributed by atoms with Gasteiger partial charge in [0.2, 0.25) is 5.91 Å². The molecule has 0 spiro atoms. The van der Waals surface area contributed by atoms with Gasteiger partial charge in [-0.3, -0.25) is 19.2 Å². The summed E-state index contributed by atoms with van der Waals surface area (Å²) >= 11 is 12.4. The number of nitrogens with zero attached hydrogens (tertiary/aromatic N) is 4. The molecule has 198 valence electrons. The number of hydrogen-bond donors (Lipinski definition) is 0. The number of halogens is 2. The number of benzene rings is 1. The maximum Gasteiger partial charge on any atom is 0.306 e. The number of carbonyl (C=O) groups excluding carboxylic acids is 2. The van der Waals surface area contributed by atoms with Gasteiger partial charge in [-0.2, -0.15) is 5.10 Å². The maximum absolute atomic E-state index is 12.2. The Morgan fingerprint density at radius 2 is 1.69 bits per heavy atom. The van der Waals surface area contributed by atoms with Crippen LogP contribution in [0.5, 0.6) is 11.5 Å². The first kappa shape index (κ1) is 28.3. The predicted octanol–water partition coefficient (Wildman–Crippen LogP) is 5.33. The van der Waals surface area contributed by atoms with Gasteiger partial charge in [0, 0.05) is 62.7 Å². The number of rotatable bonds is 9. The molecule has 10 heteroatoms. The molecule has 0 saturated carbocycles. The van der Waals surface area contributed by atoms with Gasteiger partial charge in [0.05, 0.1) is 5.69 Å². The zero-order valence-electron chi connectivity index (χ0n) is 21.8. The molecule has 36 heavy (non-hydrogen) atoms. The molecule has 2 aromatic rings. The summed E-state index contributed by atoms with van der Waals surface area (Å²) in [5.41, 5.74) is 1.23. The molecule has 1 aromatic carbocycles. The van der Waals surface area contributed by atoms with Gasteiger partial charge in [-0.15, -0.1) is 0 Å². The van der Waals surface area contributed by atoms with E-state index >= 15 is 0 Å². The van der Waals surface area contributed by atoms with Crippen LogP contribution in [0.25, 0.3) is 0 Å². The predicted molar refractivity (Wildman–Crippen MR) is 141 cm³/mol. The Labute approximate surface area is 223 Å². The monoisotopic (exact) mass is 538 g/mol. The molecule has 0 atom stereocenters. The molecule has 0 aliphatic carbocycles. The average molecular weight is 540 g/mol. The van der Waals surface area contributed by atoms with Crippen molar-refractivity contribution in [3.63, 3.8) is 0 Å². The molecular formula is C26H36Cl2N4O4.